The van der Waals surface area contributed by atoms with Crippen LogP contribution in [0.4, 0.5) is 5.00 Å². The van der Waals surface area contributed by atoms with Crippen LogP contribution in [0.25, 0.3) is 0 Å². The van der Waals surface area contributed by atoms with Crippen LogP contribution in [0, 0.1) is 18.8 Å². The Morgan fingerprint density at radius 3 is 2.56 bits per heavy atom. The van der Waals surface area contributed by atoms with Gasteiger partial charge in [-0.05, 0) is 118 Å². The molecule has 1 atom stereocenters. The number of rotatable bonds is 12. The van der Waals surface area contributed by atoms with E-state index in [4.69, 9.17) is 21.7 Å². The second-order valence-electron chi connectivity index (χ2n) is 13.9. The summed E-state index contributed by atoms with van der Waals surface area (Å²) in [7, 11) is 3.34. The van der Waals surface area contributed by atoms with E-state index in [1.165, 1.54) is 23.3 Å². The number of carbonyl (C=O) groups excluding carboxylic acids is 2. The van der Waals surface area contributed by atoms with E-state index in [1.54, 1.807) is 25.6 Å². The molecule has 4 aliphatic carbocycles. The SMILES string of the molecule is COc1ccc(CN(C(=S)N[C@H]2CCc3sc(NC(=O)C4CC4)c(C(=O)NCC4CC4)c3C2)C2CC(c3ccc(C)nc3)C2)c(OC)c1. The van der Waals surface area contributed by atoms with Crippen molar-refractivity contribution in [2.24, 2.45) is 11.8 Å². The monoisotopic (exact) mass is 687 g/mol. The number of pyridine rings is 1. The van der Waals surface area contributed by atoms with E-state index in [-0.39, 0.29) is 29.8 Å². The van der Waals surface area contributed by atoms with Gasteiger partial charge < -0.3 is 30.3 Å². The van der Waals surface area contributed by atoms with Crippen molar-refractivity contribution in [2.45, 2.75) is 89.3 Å². The Kier molecular flexibility index (Phi) is 9.60. The molecule has 0 aliphatic heterocycles. The number of methoxy groups -OCH3 is 2. The molecule has 11 heteroatoms. The highest BCUT2D eigenvalue weighted by Gasteiger charge is 2.38. The molecule has 0 spiro atoms. The highest BCUT2D eigenvalue weighted by molar-refractivity contribution is 7.80. The van der Waals surface area contributed by atoms with E-state index in [0.29, 0.717) is 47.0 Å². The maximum absolute atomic E-state index is 13.6. The molecule has 48 heavy (non-hydrogen) atoms. The molecule has 2 amide bonds. The first kappa shape index (κ1) is 32.8. The van der Waals surface area contributed by atoms with Crippen molar-refractivity contribution in [2.75, 3.05) is 26.1 Å². The number of anilines is 1. The van der Waals surface area contributed by atoms with Crippen LogP contribution in [0.2, 0.25) is 0 Å². The van der Waals surface area contributed by atoms with Crippen molar-refractivity contribution in [3.8, 4) is 11.5 Å². The molecular formula is C37H45N5O4S2. The molecule has 2 aromatic heterocycles. The van der Waals surface area contributed by atoms with Gasteiger partial charge in [0.05, 0.1) is 19.8 Å². The minimum Gasteiger partial charge on any atom is -0.497 e. The molecule has 3 N–H and O–H groups in total. The number of benzene rings is 1. The van der Waals surface area contributed by atoms with E-state index in [1.807, 2.05) is 25.3 Å². The van der Waals surface area contributed by atoms with E-state index in [2.05, 4.69) is 44.0 Å². The fraction of sp³-hybridized carbons (Fsp3) is 0.514. The maximum Gasteiger partial charge on any atom is 0.254 e. The third-order valence-corrected chi connectivity index (χ3v) is 11.9. The summed E-state index contributed by atoms with van der Waals surface area (Å²) < 4.78 is 11.2. The number of aromatic nitrogens is 1. The number of thiophene rings is 1. The number of hydrogen-bond donors (Lipinski definition) is 3. The van der Waals surface area contributed by atoms with Crippen molar-refractivity contribution >= 4 is 45.5 Å². The third kappa shape index (κ3) is 7.32. The molecule has 3 fully saturated rings. The Labute approximate surface area is 292 Å². The van der Waals surface area contributed by atoms with Crippen LogP contribution in [-0.4, -0.2) is 59.7 Å². The Morgan fingerprint density at radius 2 is 1.88 bits per heavy atom. The second kappa shape index (κ2) is 14.0. The minimum absolute atomic E-state index is 0.0329. The summed E-state index contributed by atoms with van der Waals surface area (Å²) in [5, 5.41) is 11.4. The number of aryl methyl sites for hydroxylation is 2. The van der Waals surface area contributed by atoms with Gasteiger partial charge in [0.2, 0.25) is 5.91 Å². The topological polar surface area (TPSA) is 105 Å². The van der Waals surface area contributed by atoms with E-state index < -0.39 is 0 Å². The summed E-state index contributed by atoms with van der Waals surface area (Å²) in [6.07, 6.45) is 10.6. The lowest BCUT2D eigenvalue weighted by Crippen LogP contribution is -2.53. The molecular weight excluding hydrogens is 643 g/mol. The van der Waals surface area contributed by atoms with Crippen molar-refractivity contribution in [1.82, 2.24) is 20.5 Å². The Hall–Kier alpha value is -3.70. The van der Waals surface area contributed by atoms with Gasteiger partial charge >= 0.3 is 0 Å². The fourth-order valence-corrected chi connectivity index (χ4v) is 8.49. The van der Waals surface area contributed by atoms with Crippen LogP contribution in [-0.2, 0) is 24.2 Å². The van der Waals surface area contributed by atoms with Crippen LogP contribution in [0.15, 0.2) is 36.5 Å². The highest BCUT2D eigenvalue weighted by Crippen LogP contribution is 2.42. The second-order valence-corrected chi connectivity index (χ2v) is 15.4. The number of ether oxygens (including phenoxy) is 2. The normalized spacial score (nSPS) is 21.4. The Morgan fingerprint density at radius 1 is 1.06 bits per heavy atom. The number of fused-ring (bicyclic) bond motifs is 1. The van der Waals surface area contributed by atoms with E-state index in [9.17, 15) is 9.59 Å². The molecule has 9 nitrogen and oxygen atoms in total. The predicted octanol–water partition coefficient (Wildman–Crippen LogP) is 6.14. The summed E-state index contributed by atoms with van der Waals surface area (Å²) in [6, 6.07) is 10.5. The van der Waals surface area contributed by atoms with Gasteiger partial charge in [-0.25, -0.2) is 0 Å². The smallest absolute Gasteiger partial charge is 0.254 e. The maximum atomic E-state index is 13.6. The van der Waals surface area contributed by atoms with Crippen LogP contribution >= 0.6 is 23.6 Å². The zero-order chi connectivity index (χ0) is 33.4. The zero-order valence-corrected chi connectivity index (χ0v) is 29.6. The first-order chi connectivity index (χ1) is 23.3. The number of thiocarbonyl (C=S) groups is 1. The molecule has 0 saturated heterocycles. The van der Waals surface area contributed by atoms with Crippen LogP contribution in [0.3, 0.4) is 0 Å². The number of amides is 2. The first-order valence-corrected chi connectivity index (χ1v) is 18.5. The van der Waals surface area contributed by atoms with Crippen molar-refractivity contribution in [1.29, 1.82) is 0 Å². The number of hydrogen-bond acceptors (Lipinski definition) is 7. The molecule has 7 rings (SSSR count). The lowest BCUT2D eigenvalue weighted by molar-refractivity contribution is -0.117. The van der Waals surface area contributed by atoms with Gasteiger partial charge in [-0.3, -0.25) is 14.6 Å². The van der Waals surface area contributed by atoms with E-state index >= 15 is 0 Å². The molecule has 0 radical (unpaired) electrons. The quantitative estimate of drug-likeness (QED) is 0.195. The lowest BCUT2D eigenvalue weighted by Gasteiger charge is -2.45. The summed E-state index contributed by atoms with van der Waals surface area (Å²) >= 11 is 7.77. The minimum atomic E-state index is -0.0759. The van der Waals surface area contributed by atoms with Crippen molar-refractivity contribution in [3.05, 3.63) is 69.4 Å². The zero-order valence-electron chi connectivity index (χ0n) is 28.0. The number of nitrogens with zero attached hydrogens (tertiary/aromatic N) is 2. The summed E-state index contributed by atoms with van der Waals surface area (Å²) in [6.45, 7) is 3.31. The average molecular weight is 688 g/mol. The summed E-state index contributed by atoms with van der Waals surface area (Å²) in [5.74, 6) is 2.56. The van der Waals surface area contributed by atoms with Gasteiger partial charge in [0.15, 0.2) is 5.11 Å². The first-order valence-electron chi connectivity index (χ1n) is 17.2. The molecule has 2 heterocycles. The van der Waals surface area contributed by atoms with Gasteiger partial charge in [0.25, 0.3) is 5.91 Å². The molecule has 1 aromatic carbocycles. The van der Waals surface area contributed by atoms with Gasteiger partial charge in [-0.1, -0.05) is 6.07 Å². The number of nitrogens with one attached hydrogen (secondary N) is 3. The van der Waals surface area contributed by atoms with E-state index in [0.717, 1.165) is 66.8 Å². The Balaban J connectivity index is 1.09. The molecule has 3 saturated carbocycles. The van der Waals surface area contributed by atoms with Gasteiger partial charge in [-0.2, -0.15) is 0 Å². The van der Waals surface area contributed by atoms with Crippen molar-refractivity contribution in [3.63, 3.8) is 0 Å². The molecule has 254 valence electrons. The molecule has 4 aliphatic rings. The lowest BCUT2D eigenvalue weighted by atomic mass is 9.75. The fourth-order valence-electron chi connectivity index (χ4n) is 6.87. The van der Waals surface area contributed by atoms with Gasteiger partial charge in [-0.15, -0.1) is 11.3 Å². The van der Waals surface area contributed by atoms with Crippen LogP contribution in [0.1, 0.15) is 88.5 Å². The average Bonchev–Trinajstić information content (AvgIpc) is 4.00. The van der Waals surface area contributed by atoms with Gasteiger partial charge in [0, 0.05) is 59.5 Å². The molecule has 3 aromatic rings. The third-order valence-electron chi connectivity index (χ3n) is 10.3. The van der Waals surface area contributed by atoms with Crippen molar-refractivity contribution < 1.29 is 19.1 Å². The highest BCUT2D eigenvalue weighted by atomic mass is 32.1. The summed E-state index contributed by atoms with van der Waals surface area (Å²) in [4.78, 5) is 34.4. The molecule has 0 bridgehead atoms. The molecule has 0 unspecified atom stereocenters. The van der Waals surface area contributed by atoms with Crippen LogP contribution < -0.4 is 25.4 Å². The predicted molar refractivity (Wildman–Crippen MR) is 192 cm³/mol. The largest absolute Gasteiger partial charge is 0.497 e. The Bertz CT molecular complexity index is 1680. The number of carbonyl (C=O) groups is 2. The standard InChI is InChI=1S/C37H45N5O4S2/c1-21-4-7-24(19-38-21)26-14-28(15-26)42(20-25-10-12-29(45-2)17-31(25)46-3)37(47)40-27-11-13-32-30(16-27)33(35(44)39-18-22-5-6-22)36(48-32)41-34(43)23-8-9-23/h4,7,10,12,17,19,22-23,26-28H,5-6,8-9,11,13-16,18,20H2,1-3H3,(H,39,44)(H,40,47)(H,41,43)/t26?,27-,28?/m0/s1. The van der Waals surface area contributed by atoms with Crippen LogP contribution in [0.5, 0.6) is 11.5 Å². The van der Waals surface area contributed by atoms with Gasteiger partial charge in [0.1, 0.15) is 16.5 Å². The summed E-state index contributed by atoms with van der Waals surface area (Å²) in [5.41, 5.74) is 5.03.